The van der Waals surface area contributed by atoms with Gasteiger partial charge in [-0.2, -0.15) is 0 Å². The minimum atomic E-state index is -1.61. The molecule has 1 aliphatic heterocycles. The van der Waals surface area contributed by atoms with Gasteiger partial charge < -0.3 is 5.32 Å². The van der Waals surface area contributed by atoms with Crippen LogP contribution >= 0.6 is 0 Å². The van der Waals surface area contributed by atoms with E-state index in [2.05, 4.69) is 5.32 Å². The Hall–Kier alpha value is -2.77. The lowest BCUT2D eigenvalue weighted by Crippen LogP contribution is -2.62. The molecule has 1 aliphatic rings. The number of hydrogen-bond acceptors (Lipinski definition) is 4. The predicted octanol–water partition coefficient (Wildman–Crippen LogP) is 0.692. The summed E-state index contributed by atoms with van der Waals surface area (Å²) in [4.78, 5) is 32.6. The summed E-state index contributed by atoms with van der Waals surface area (Å²) in [7, 11) is 0. The van der Waals surface area contributed by atoms with Gasteiger partial charge in [-0.15, -0.1) is 0 Å². The second kappa shape index (κ2) is 5.47. The molecule has 1 saturated heterocycles. The first-order valence-electron chi connectivity index (χ1n) is 5.66. The zero-order chi connectivity index (χ0) is 14.7. The fourth-order valence-corrected chi connectivity index (χ4v) is 1.82. The van der Waals surface area contributed by atoms with Crippen LogP contribution in [0.3, 0.4) is 0 Å². The number of carbonyl (C=O) groups is 2. The Labute approximate surface area is 112 Å². The van der Waals surface area contributed by atoms with Crippen molar-refractivity contribution >= 4 is 18.0 Å². The Bertz CT molecular complexity index is 602. The van der Waals surface area contributed by atoms with Gasteiger partial charge in [-0.3, -0.25) is 20.2 Å². The van der Waals surface area contributed by atoms with Crippen LogP contribution in [0.1, 0.15) is 5.56 Å². The molecule has 0 aromatic heterocycles. The Balaban J connectivity index is 2.22. The van der Waals surface area contributed by atoms with Crippen LogP contribution in [0, 0.1) is 15.9 Å². The van der Waals surface area contributed by atoms with Crippen molar-refractivity contribution < 1.29 is 18.9 Å². The second-order valence-corrected chi connectivity index (χ2v) is 4.13. The maximum Gasteiger partial charge on any atom is 0.322 e. The maximum absolute atomic E-state index is 13.0. The number of urea groups is 1. The molecule has 2 rings (SSSR count). The fraction of sp³-hybridized carbons (Fsp3) is 0.167. The molecular weight excluding hydrogens is 269 g/mol. The maximum atomic E-state index is 13.0. The fourth-order valence-electron chi connectivity index (χ4n) is 1.82. The Kier molecular flexibility index (Phi) is 3.74. The van der Waals surface area contributed by atoms with Crippen molar-refractivity contribution in [2.24, 2.45) is 0 Å². The van der Waals surface area contributed by atoms with Crippen molar-refractivity contribution in [1.29, 1.82) is 0 Å². The van der Waals surface area contributed by atoms with E-state index in [1.54, 1.807) is 6.07 Å². The monoisotopic (exact) mass is 279 g/mol. The zero-order valence-electron chi connectivity index (χ0n) is 10.1. The van der Waals surface area contributed by atoms with E-state index < -0.39 is 34.8 Å². The summed E-state index contributed by atoms with van der Waals surface area (Å²) >= 11 is 0. The highest BCUT2D eigenvalue weighted by molar-refractivity contribution is 6.00. The minimum Gasteiger partial charge on any atom is -0.324 e. The van der Waals surface area contributed by atoms with Gasteiger partial charge in [-0.1, -0.05) is 24.3 Å². The molecule has 0 spiro atoms. The van der Waals surface area contributed by atoms with Crippen LogP contribution in [0.25, 0.3) is 6.08 Å². The van der Waals surface area contributed by atoms with Crippen LogP contribution in [-0.4, -0.2) is 28.9 Å². The van der Waals surface area contributed by atoms with E-state index >= 15 is 0 Å². The van der Waals surface area contributed by atoms with Gasteiger partial charge in [-0.05, 0) is 17.7 Å². The molecule has 8 heteroatoms. The van der Waals surface area contributed by atoms with Crippen molar-refractivity contribution in [3.63, 3.8) is 0 Å². The van der Waals surface area contributed by atoms with Gasteiger partial charge in [0, 0.05) is 4.92 Å². The van der Waals surface area contributed by atoms with Crippen molar-refractivity contribution in [1.82, 2.24) is 10.6 Å². The van der Waals surface area contributed by atoms with Crippen LogP contribution in [0.15, 0.2) is 30.3 Å². The summed E-state index contributed by atoms with van der Waals surface area (Å²) in [5, 5.41) is 14.9. The highest BCUT2D eigenvalue weighted by atomic mass is 19.1. The number of rotatable bonds is 3. The first kappa shape index (κ1) is 13.7. The molecule has 7 nitrogen and oxygen atoms in total. The number of halogens is 1. The number of nitro groups is 1. The van der Waals surface area contributed by atoms with Crippen LogP contribution < -0.4 is 10.6 Å². The summed E-state index contributed by atoms with van der Waals surface area (Å²) < 4.78 is 13.0. The molecule has 2 N–H and O–H groups in total. The number of benzene rings is 1. The minimum absolute atomic E-state index is 0.455. The van der Waals surface area contributed by atoms with E-state index in [4.69, 9.17) is 0 Å². The lowest BCUT2D eigenvalue weighted by Gasteiger charge is -2.23. The van der Waals surface area contributed by atoms with E-state index in [0.29, 0.717) is 5.56 Å². The number of nitrogens with one attached hydrogen (secondary N) is 2. The van der Waals surface area contributed by atoms with Gasteiger partial charge in [-0.25, -0.2) is 9.18 Å². The van der Waals surface area contributed by atoms with E-state index in [-0.39, 0.29) is 0 Å². The van der Waals surface area contributed by atoms with E-state index in [1.165, 1.54) is 30.4 Å². The van der Waals surface area contributed by atoms with E-state index in [0.717, 1.165) is 0 Å². The molecular formula is C12H10FN3O4. The molecule has 0 bridgehead atoms. The third kappa shape index (κ3) is 2.97. The molecule has 0 radical (unpaired) electrons. The predicted molar refractivity (Wildman–Crippen MR) is 66.7 cm³/mol. The zero-order valence-corrected chi connectivity index (χ0v) is 10.1. The van der Waals surface area contributed by atoms with Gasteiger partial charge in [0.25, 0.3) is 0 Å². The molecule has 0 aliphatic carbocycles. The molecule has 104 valence electrons. The Morgan fingerprint density at radius 1 is 1.35 bits per heavy atom. The van der Waals surface area contributed by atoms with E-state index in [9.17, 15) is 24.1 Å². The van der Waals surface area contributed by atoms with Crippen molar-refractivity contribution in [3.8, 4) is 0 Å². The normalized spacial score (nSPS) is 22.4. The van der Waals surface area contributed by atoms with E-state index in [1.807, 2.05) is 5.32 Å². The lowest BCUT2D eigenvalue weighted by molar-refractivity contribution is -0.510. The number of nitrogens with zero attached hydrogens (tertiary/aromatic N) is 1. The highest BCUT2D eigenvalue weighted by Gasteiger charge is 2.43. The molecule has 2 atom stereocenters. The average Bonchev–Trinajstić information content (AvgIpc) is 2.35. The number of carbonyl (C=O) groups excluding carboxylic acids is 2. The summed E-state index contributed by atoms with van der Waals surface area (Å²) in [5.41, 5.74) is 0.465. The third-order valence-corrected chi connectivity index (χ3v) is 2.72. The molecule has 1 heterocycles. The van der Waals surface area contributed by atoms with Crippen molar-refractivity contribution in [2.75, 3.05) is 0 Å². The van der Waals surface area contributed by atoms with Crippen LogP contribution in [-0.2, 0) is 4.79 Å². The molecule has 3 amide bonds. The third-order valence-electron chi connectivity index (χ3n) is 2.72. The standard InChI is InChI=1S/C12H10FN3O4/c13-8-3-1-2-7(6-8)4-5-9-10(16(19)20)11(17)15-12(18)14-9/h1-6,9-10H,(H2,14,15,17,18)/b5-4-. The number of hydrogen-bond donors (Lipinski definition) is 2. The second-order valence-electron chi connectivity index (χ2n) is 4.13. The van der Waals surface area contributed by atoms with Crippen molar-refractivity contribution in [2.45, 2.75) is 12.1 Å². The van der Waals surface area contributed by atoms with Crippen LogP contribution in [0.5, 0.6) is 0 Å². The molecule has 20 heavy (non-hydrogen) atoms. The topological polar surface area (TPSA) is 101 Å². The Morgan fingerprint density at radius 3 is 2.75 bits per heavy atom. The largest absolute Gasteiger partial charge is 0.324 e. The molecule has 0 saturated carbocycles. The average molecular weight is 279 g/mol. The molecule has 2 unspecified atom stereocenters. The van der Waals surface area contributed by atoms with Gasteiger partial charge >= 0.3 is 18.0 Å². The Morgan fingerprint density at radius 2 is 2.10 bits per heavy atom. The van der Waals surface area contributed by atoms with Gasteiger partial charge in [0.05, 0.1) is 0 Å². The molecule has 1 aromatic rings. The number of imide groups is 1. The first-order chi connectivity index (χ1) is 9.47. The summed E-state index contributed by atoms with van der Waals surface area (Å²) in [6, 6.07) is 2.04. The SMILES string of the molecule is O=C1NC(=O)C([N+](=O)[O-])C(/C=C\c2cccc(F)c2)N1. The summed E-state index contributed by atoms with van der Waals surface area (Å²) in [6.45, 7) is 0. The van der Waals surface area contributed by atoms with Crippen LogP contribution in [0.2, 0.25) is 0 Å². The smallest absolute Gasteiger partial charge is 0.322 e. The first-order valence-corrected chi connectivity index (χ1v) is 5.66. The van der Waals surface area contributed by atoms with Gasteiger partial charge in [0.1, 0.15) is 11.9 Å². The van der Waals surface area contributed by atoms with Crippen molar-refractivity contribution in [3.05, 3.63) is 51.8 Å². The highest BCUT2D eigenvalue weighted by Crippen LogP contribution is 2.10. The quantitative estimate of drug-likeness (QED) is 0.627. The summed E-state index contributed by atoms with van der Waals surface area (Å²) in [5.74, 6) is -1.43. The van der Waals surface area contributed by atoms with Gasteiger partial charge in [0.2, 0.25) is 0 Å². The lowest BCUT2D eigenvalue weighted by atomic mass is 10.0. The number of amides is 3. The molecule has 1 fully saturated rings. The van der Waals surface area contributed by atoms with Crippen LogP contribution in [0.4, 0.5) is 9.18 Å². The summed E-state index contributed by atoms with van der Waals surface area (Å²) in [6.07, 6.45) is 2.70. The molecule has 1 aromatic carbocycles. The van der Waals surface area contributed by atoms with Gasteiger partial charge in [0.15, 0.2) is 0 Å².